The largest absolute Gasteiger partial charge is 0.494 e. The van der Waals surface area contributed by atoms with E-state index in [9.17, 15) is 89.0 Å². The van der Waals surface area contributed by atoms with Crippen LogP contribution in [0.5, 0.6) is 11.5 Å². The van der Waals surface area contributed by atoms with E-state index < -0.39 is 79.3 Å². The molecule has 0 fully saturated rings. The van der Waals surface area contributed by atoms with Gasteiger partial charge in [0.15, 0.2) is 6.61 Å². The molecule has 0 spiro atoms. The van der Waals surface area contributed by atoms with Gasteiger partial charge >= 0.3 is 66.3 Å². The van der Waals surface area contributed by atoms with Crippen molar-refractivity contribution in [3.8, 4) is 11.5 Å². The first-order valence-electron chi connectivity index (χ1n) is 14.4. The number of hydrogen-bond donors (Lipinski definition) is 1. The lowest BCUT2D eigenvalue weighted by atomic mass is 10.2. The van der Waals surface area contributed by atoms with Crippen molar-refractivity contribution >= 4 is 17.9 Å². The quantitative estimate of drug-likeness (QED) is 0.0680. The zero-order chi connectivity index (χ0) is 42.5. The van der Waals surface area contributed by atoms with E-state index in [-0.39, 0.29) is 48.5 Å². The van der Waals surface area contributed by atoms with Gasteiger partial charge in [0, 0.05) is 6.42 Å². The predicted molar refractivity (Wildman–Crippen MR) is 143 cm³/mol. The summed E-state index contributed by atoms with van der Waals surface area (Å²) >= 11 is 0. The first kappa shape index (κ1) is 46.5. The number of aromatic carboxylic acids is 1. The molecule has 0 aromatic heterocycles. The molecule has 9 nitrogen and oxygen atoms in total. The Bertz CT molecular complexity index is 1630. The molecule has 0 aliphatic heterocycles. The van der Waals surface area contributed by atoms with E-state index >= 15 is 0 Å². The molecular formula is C29H21F17O9. The SMILES string of the molecule is O=C(CCCCCOc1ccc(C(=O)Oc2ccc(C(=O)O)cc2)cc1)OCC(F)(OC(F)(F)C(F)(OC(F)(F)C(F)(F)C(F)(F)F)C(F)(F)F)C(F)(F)F. The molecule has 2 unspecified atom stereocenters. The number of carbonyl (C=O) groups excluding carboxylic acids is 2. The molecule has 0 aliphatic carbocycles. The monoisotopic (exact) mass is 836 g/mol. The van der Waals surface area contributed by atoms with Crippen LogP contribution in [0.3, 0.4) is 0 Å². The van der Waals surface area contributed by atoms with Crippen LogP contribution in [0.15, 0.2) is 48.5 Å². The summed E-state index contributed by atoms with van der Waals surface area (Å²) in [6.45, 7) is -3.34. The van der Waals surface area contributed by atoms with E-state index in [2.05, 4.69) is 9.47 Å². The molecule has 310 valence electrons. The molecule has 2 aromatic rings. The van der Waals surface area contributed by atoms with Crippen molar-refractivity contribution in [2.24, 2.45) is 0 Å². The molecule has 0 saturated heterocycles. The molecule has 0 bridgehead atoms. The normalized spacial score (nSPS) is 15.4. The first-order valence-corrected chi connectivity index (χ1v) is 14.4. The highest BCUT2D eigenvalue weighted by Gasteiger charge is 2.85. The zero-order valence-electron chi connectivity index (χ0n) is 26.5. The van der Waals surface area contributed by atoms with Crippen LogP contribution in [0.25, 0.3) is 0 Å². The third kappa shape index (κ3) is 11.2. The van der Waals surface area contributed by atoms with Gasteiger partial charge in [-0.15, -0.1) is 0 Å². The molecular weight excluding hydrogens is 815 g/mol. The summed E-state index contributed by atoms with van der Waals surface area (Å²) in [5.74, 6) is -26.1. The number of unbranched alkanes of at least 4 members (excludes halogenated alkanes) is 2. The van der Waals surface area contributed by atoms with Crippen molar-refractivity contribution in [2.75, 3.05) is 13.2 Å². The molecule has 2 aromatic carbocycles. The summed E-state index contributed by atoms with van der Waals surface area (Å²) in [4.78, 5) is 34.9. The Morgan fingerprint density at radius 3 is 1.55 bits per heavy atom. The molecule has 0 heterocycles. The van der Waals surface area contributed by atoms with E-state index in [1.165, 1.54) is 53.3 Å². The van der Waals surface area contributed by atoms with Gasteiger partial charge in [-0.05, 0) is 67.8 Å². The minimum atomic E-state index is -8.04. The van der Waals surface area contributed by atoms with Crippen molar-refractivity contribution in [1.29, 1.82) is 0 Å². The van der Waals surface area contributed by atoms with Crippen LogP contribution >= 0.6 is 0 Å². The van der Waals surface area contributed by atoms with E-state index in [4.69, 9.17) is 14.6 Å². The highest BCUT2D eigenvalue weighted by Crippen LogP contribution is 2.56. The maximum absolute atomic E-state index is 14.5. The number of carbonyl (C=O) groups is 3. The van der Waals surface area contributed by atoms with Crippen LogP contribution in [0.4, 0.5) is 74.6 Å². The molecule has 2 atom stereocenters. The minimum Gasteiger partial charge on any atom is -0.494 e. The van der Waals surface area contributed by atoms with Gasteiger partial charge in [-0.2, -0.15) is 74.6 Å². The van der Waals surface area contributed by atoms with Gasteiger partial charge in [0.2, 0.25) is 0 Å². The molecule has 2 rings (SSSR count). The van der Waals surface area contributed by atoms with E-state index in [0.717, 1.165) is 0 Å². The minimum absolute atomic E-state index is 0.0326. The second-order valence-electron chi connectivity index (χ2n) is 10.7. The molecule has 1 N–H and O–H groups in total. The van der Waals surface area contributed by atoms with Crippen LogP contribution < -0.4 is 9.47 Å². The average molecular weight is 836 g/mol. The van der Waals surface area contributed by atoms with Gasteiger partial charge in [-0.3, -0.25) is 14.3 Å². The Labute approximate surface area is 294 Å². The lowest BCUT2D eigenvalue weighted by molar-refractivity contribution is -0.552. The fourth-order valence-corrected chi connectivity index (χ4v) is 3.63. The highest BCUT2D eigenvalue weighted by molar-refractivity contribution is 5.91. The Balaban J connectivity index is 1.95. The number of rotatable bonds is 18. The summed E-state index contributed by atoms with van der Waals surface area (Å²) in [5, 5.41) is 8.88. The Kier molecular flexibility index (Phi) is 14.1. The predicted octanol–water partition coefficient (Wildman–Crippen LogP) is 8.96. The van der Waals surface area contributed by atoms with Crippen molar-refractivity contribution in [3.63, 3.8) is 0 Å². The van der Waals surface area contributed by atoms with Gasteiger partial charge in [0.05, 0.1) is 17.7 Å². The lowest BCUT2D eigenvalue weighted by Crippen LogP contribution is -2.67. The third-order valence-corrected chi connectivity index (χ3v) is 6.56. The van der Waals surface area contributed by atoms with Crippen LogP contribution in [0, 0.1) is 0 Å². The summed E-state index contributed by atoms with van der Waals surface area (Å²) < 4.78 is 243. The molecule has 0 aliphatic rings. The maximum atomic E-state index is 14.5. The number of alkyl halides is 17. The fraction of sp³-hybridized carbons (Fsp3) is 0.483. The van der Waals surface area contributed by atoms with Gasteiger partial charge in [0.1, 0.15) is 11.5 Å². The molecule has 26 heteroatoms. The number of ether oxygens (including phenoxy) is 5. The summed E-state index contributed by atoms with van der Waals surface area (Å²) in [6.07, 6.45) is -39.7. The second kappa shape index (κ2) is 16.6. The third-order valence-electron chi connectivity index (χ3n) is 6.56. The lowest BCUT2D eigenvalue weighted by Gasteiger charge is -2.40. The Hall–Kier alpha value is -4.62. The second-order valence-corrected chi connectivity index (χ2v) is 10.7. The fourth-order valence-electron chi connectivity index (χ4n) is 3.63. The summed E-state index contributed by atoms with van der Waals surface area (Å²) in [5.41, 5.74) is -0.0248. The number of benzene rings is 2. The highest BCUT2D eigenvalue weighted by atomic mass is 19.4. The topological polar surface area (TPSA) is 118 Å². The number of hydrogen-bond acceptors (Lipinski definition) is 8. The van der Waals surface area contributed by atoms with Crippen molar-refractivity contribution in [3.05, 3.63) is 59.7 Å². The van der Waals surface area contributed by atoms with Crippen molar-refractivity contribution in [1.82, 2.24) is 0 Å². The average Bonchev–Trinajstić information content (AvgIpc) is 3.03. The molecule has 0 amide bonds. The van der Waals surface area contributed by atoms with Crippen LogP contribution in [0.1, 0.15) is 46.4 Å². The number of halogens is 17. The van der Waals surface area contributed by atoms with Gasteiger partial charge in [-0.25, -0.2) is 9.59 Å². The smallest absolute Gasteiger partial charge is 0.462 e. The zero-order valence-corrected chi connectivity index (χ0v) is 26.5. The van der Waals surface area contributed by atoms with E-state index in [1.807, 2.05) is 0 Å². The Morgan fingerprint density at radius 2 is 1.07 bits per heavy atom. The van der Waals surface area contributed by atoms with E-state index in [0.29, 0.717) is 0 Å². The first-order chi connectivity index (χ1) is 24.8. The number of esters is 2. The number of carboxylic acids is 1. The van der Waals surface area contributed by atoms with E-state index in [1.54, 1.807) is 0 Å². The maximum Gasteiger partial charge on any atom is 0.462 e. The summed E-state index contributed by atoms with van der Waals surface area (Å²) in [6, 6.07) is 10.0. The van der Waals surface area contributed by atoms with Crippen LogP contribution in [-0.4, -0.2) is 84.6 Å². The van der Waals surface area contributed by atoms with Crippen molar-refractivity contribution < 1.29 is 118 Å². The summed E-state index contributed by atoms with van der Waals surface area (Å²) in [7, 11) is 0. The standard InChI is InChI=1S/C29H21F17O9/c30-22(25(34,35)36,54-29(45,46)24(33,27(40,41)42)55-28(43,44)23(31,32)26(37,38)39)14-52-19(47)4-2-1-3-13-51-17-9-7-16(8-10-17)21(50)53-18-11-5-15(6-12-18)20(48)49/h5-12H,1-4,13-14H2,(H,48,49). The van der Waals surface area contributed by atoms with Gasteiger partial charge < -0.3 is 19.3 Å². The molecule has 55 heavy (non-hydrogen) atoms. The molecule has 0 radical (unpaired) electrons. The van der Waals surface area contributed by atoms with Gasteiger partial charge in [-0.1, -0.05) is 0 Å². The molecule has 0 saturated carbocycles. The van der Waals surface area contributed by atoms with Crippen molar-refractivity contribution in [2.45, 2.75) is 74.1 Å². The van der Waals surface area contributed by atoms with Crippen LogP contribution in [-0.2, 0) is 19.0 Å². The Morgan fingerprint density at radius 1 is 0.564 bits per heavy atom. The van der Waals surface area contributed by atoms with Gasteiger partial charge in [0.25, 0.3) is 0 Å². The number of carboxylic acid groups (broad SMARTS) is 1. The van der Waals surface area contributed by atoms with Crippen LogP contribution in [0.2, 0.25) is 0 Å².